The lowest BCUT2D eigenvalue weighted by Crippen LogP contribution is -2.27. The maximum absolute atomic E-state index is 11.8. The number of fused-ring (bicyclic) bond motifs is 1. The Labute approximate surface area is 127 Å². The summed E-state index contributed by atoms with van der Waals surface area (Å²) in [5.41, 5.74) is 1.72. The van der Waals surface area contributed by atoms with E-state index in [0.29, 0.717) is 0 Å². The van der Waals surface area contributed by atoms with Crippen LogP contribution in [-0.4, -0.2) is 6.29 Å². The molecular formula is C18H15BrO. The molecule has 0 spiro atoms. The smallest absolute Gasteiger partial charge is 0.134 e. The summed E-state index contributed by atoms with van der Waals surface area (Å²) in [6, 6.07) is 10.4. The van der Waals surface area contributed by atoms with Crippen LogP contribution in [-0.2, 0) is 10.2 Å². The third kappa shape index (κ3) is 1.95. The molecule has 1 nitrogen and oxygen atoms in total. The normalized spacial score (nSPS) is 21.3. The summed E-state index contributed by atoms with van der Waals surface area (Å²) in [6.07, 6.45) is 9.79. The number of rotatable bonds is 2. The number of aldehydes is 1. The molecule has 1 atom stereocenters. The van der Waals surface area contributed by atoms with Crippen molar-refractivity contribution in [3.05, 3.63) is 70.2 Å². The van der Waals surface area contributed by atoms with Crippen molar-refractivity contribution in [2.24, 2.45) is 0 Å². The lowest BCUT2D eigenvalue weighted by Gasteiger charge is -2.28. The van der Waals surface area contributed by atoms with Gasteiger partial charge in [-0.3, -0.25) is 0 Å². The van der Waals surface area contributed by atoms with Crippen molar-refractivity contribution in [1.29, 1.82) is 0 Å². The highest BCUT2D eigenvalue weighted by Crippen LogP contribution is 2.38. The van der Waals surface area contributed by atoms with E-state index in [9.17, 15) is 4.79 Å². The molecule has 20 heavy (non-hydrogen) atoms. The summed E-state index contributed by atoms with van der Waals surface area (Å²) in [7, 11) is 0. The molecule has 2 heteroatoms. The van der Waals surface area contributed by atoms with Gasteiger partial charge < -0.3 is 4.79 Å². The highest BCUT2D eigenvalue weighted by Gasteiger charge is 2.31. The molecule has 2 aromatic carbocycles. The molecule has 1 aliphatic carbocycles. The van der Waals surface area contributed by atoms with Crippen LogP contribution in [0.5, 0.6) is 0 Å². The zero-order chi connectivity index (χ0) is 14.2. The molecule has 0 saturated carbocycles. The van der Waals surface area contributed by atoms with Gasteiger partial charge in [-0.2, -0.15) is 0 Å². The topological polar surface area (TPSA) is 17.1 Å². The largest absolute Gasteiger partial charge is 0.302 e. The number of benzene rings is 2. The van der Waals surface area contributed by atoms with Crippen molar-refractivity contribution in [3.63, 3.8) is 0 Å². The van der Waals surface area contributed by atoms with E-state index in [1.807, 2.05) is 30.4 Å². The maximum Gasteiger partial charge on any atom is 0.134 e. The Morgan fingerprint density at radius 1 is 1.20 bits per heavy atom. The van der Waals surface area contributed by atoms with Crippen LogP contribution in [0.4, 0.5) is 0 Å². The van der Waals surface area contributed by atoms with Gasteiger partial charge in [0, 0.05) is 4.47 Å². The standard InChI is InChI=1S/C18H15BrO/c1-13-14-7-3-4-8-15(14)17(19)11-16(13)18(12-20)9-5-2-6-10-18/h2-9,11-12H,10H2,1H3. The first-order valence-electron chi connectivity index (χ1n) is 6.67. The Morgan fingerprint density at radius 2 is 1.95 bits per heavy atom. The highest BCUT2D eigenvalue weighted by molar-refractivity contribution is 9.10. The summed E-state index contributed by atoms with van der Waals surface area (Å²) in [4.78, 5) is 11.8. The number of halogens is 1. The molecule has 0 fully saturated rings. The van der Waals surface area contributed by atoms with Crippen molar-refractivity contribution >= 4 is 33.0 Å². The first-order chi connectivity index (χ1) is 9.68. The minimum atomic E-state index is -0.536. The Kier molecular flexibility index (Phi) is 3.35. The van der Waals surface area contributed by atoms with Gasteiger partial charge in [0.1, 0.15) is 6.29 Å². The predicted octanol–water partition coefficient (Wildman–Crippen LogP) is 4.86. The van der Waals surface area contributed by atoms with Crippen LogP contribution in [0.1, 0.15) is 17.5 Å². The summed E-state index contributed by atoms with van der Waals surface area (Å²) in [5.74, 6) is 0. The van der Waals surface area contributed by atoms with Crippen molar-refractivity contribution in [1.82, 2.24) is 0 Å². The molecule has 0 bridgehead atoms. The Bertz CT molecular complexity index is 742. The summed E-state index contributed by atoms with van der Waals surface area (Å²) >= 11 is 3.64. The second kappa shape index (κ2) is 5.02. The number of aryl methyl sites for hydroxylation is 1. The molecule has 0 heterocycles. The van der Waals surface area contributed by atoms with Crippen molar-refractivity contribution in [2.75, 3.05) is 0 Å². The third-order valence-corrected chi connectivity index (χ3v) is 4.73. The SMILES string of the molecule is Cc1c(C2(C=O)C=CC=CC2)cc(Br)c2ccccc12. The predicted molar refractivity (Wildman–Crippen MR) is 87.0 cm³/mol. The highest BCUT2D eigenvalue weighted by atomic mass is 79.9. The number of carbonyl (C=O) groups excluding carboxylic acids is 1. The molecule has 0 saturated heterocycles. The number of carbonyl (C=O) groups is 1. The van der Waals surface area contributed by atoms with Gasteiger partial charge >= 0.3 is 0 Å². The van der Waals surface area contributed by atoms with Crippen LogP contribution >= 0.6 is 15.9 Å². The van der Waals surface area contributed by atoms with E-state index in [-0.39, 0.29) is 0 Å². The number of hydrogen-bond donors (Lipinski definition) is 0. The van der Waals surface area contributed by atoms with Crippen molar-refractivity contribution in [3.8, 4) is 0 Å². The molecule has 0 N–H and O–H groups in total. The third-order valence-electron chi connectivity index (χ3n) is 4.07. The molecule has 0 radical (unpaired) electrons. The Balaban J connectivity index is 2.32. The van der Waals surface area contributed by atoms with Gasteiger partial charge in [-0.15, -0.1) is 0 Å². The molecule has 1 aliphatic rings. The van der Waals surface area contributed by atoms with Crippen LogP contribution in [0.25, 0.3) is 10.8 Å². The minimum Gasteiger partial charge on any atom is -0.302 e. The van der Waals surface area contributed by atoms with Crippen LogP contribution < -0.4 is 0 Å². The fourth-order valence-corrected chi connectivity index (χ4v) is 3.52. The van der Waals surface area contributed by atoms with Gasteiger partial charge in [0.25, 0.3) is 0 Å². The van der Waals surface area contributed by atoms with E-state index in [2.05, 4.69) is 47.1 Å². The summed E-state index contributed by atoms with van der Waals surface area (Å²) < 4.78 is 1.04. The van der Waals surface area contributed by atoms with Crippen LogP contribution in [0.15, 0.2) is 59.1 Å². The molecule has 1 unspecified atom stereocenters. The first-order valence-corrected chi connectivity index (χ1v) is 7.46. The van der Waals surface area contributed by atoms with Gasteiger partial charge in [0.2, 0.25) is 0 Å². The summed E-state index contributed by atoms with van der Waals surface area (Å²) in [6.45, 7) is 2.10. The Hall–Kier alpha value is -1.67. The molecule has 0 aromatic heterocycles. The molecule has 0 amide bonds. The monoisotopic (exact) mass is 326 g/mol. The van der Waals surface area contributed by atoms with Crippen LogP contribution in [0.2, 0.25) is 0 Å². The van der Waals surface area contributed by atoms with E-state index < -0.39 is 5.41 Å². The van der Waals surface area contributed by atoms with Gasteiger partial charge in [0.05, 0.1) is 5.41 Å². The molecule has 100 valence electrons. The van der Waals surface area contributed by atoms with E-state index in [4.69, 9.17) is 0 Å². The molecule has 0 aliphatic heterocycles. The molecule has 2 aromatic rings. The molecular weight excluding hydrogens is 312 g/mol. The Morgan fingerprint density at radius 3 is 2.60 bits per heavy atom. The number of hydrogen-bond acceptors (Lipinski definition) is 1. The van der Waals surface area contributed by atoms with Crippen LogP contribution in [0, 0.1) is 6.92 Å². The van der Waals surface area contributed by atoms with Gasteiger partial charge in [-0.25, -0.2) is 0 Å². The van der Waals surface area contributed by atoms with Gasteiger partial charge in [-0.05, 0) is 41.3 Å². The first kappa shape index (κ1) is 13.3. The number of allylic oxidation sites excluding steroid dienone is 4. The van der Waals surface area contributed by atoms with Gasteiger partial charge in [-0.1, -0.05) is 64.5 Å². The fraction of sp³-hybridized carbons (Fsp3) is 0.167. The van der Waals surface area contributed by atoms with Crippen molar-refractivity contribution in [2.45, 2.75) is 18.8 Å². The molecule has 3 rings (SSSR count). The fourth-order valence-electron chi connectivity index (χ4n) is 2.95. The van der Waals surface area contributed by atoms with Crippen molar-refractivity contribution < 1.29 is 4.79 Å². The van der Waals surface area contributed by atoms with E-state index in [1.54, 1.807) is 0 Å². The lowest BCUT2D eigenvalue weighted by atomic mass is 9.74. The average molecular weight is 327 g/mol. The quantitative estimate of drug-likeness (QED) is 0.720. The van der Waals surface area contributed by atoms with E-state index in [0.717, 1.165) is 22.7 Å². The van der Waals surface area contributed by atoms with Gasteiger partial charge in [0.15, 0.2) is 0 Å². The van der Waals surface area contributed by atoms with E-state index in [1.165, 1.54) is 16.3 Å². The maximum atomic E-state index is 11.8. The average Bonchev–Trinajstić information content (AvgIpc) is 2.51. The second-order valence-electron chi connectivity index (χ2n) is 5.23. The zero-order valence-corrected chi connectivity index (χ0v) is 12.9. The lowest BCUT2D eigenvalue weighted by molar-refractivity contribution is -0.111. The zero-order valence-electron chi connectivity index (χ0n) is 11.3. The van der Waals surface area contributed by atoms with Crippen LogP contribution in [0.3, 0.4) is 0 Å². The second-order valence-corrected chi connectivity index (χ2v) is 6.08. The summed E-state index contributed by atoms with van der Waals surface area (Å²) in [5, 5.41) is 2.38. The van der Waals surface area contributed by atoms with E-state index >= 15 is 0 Å². The minimum absolute atomic E-state index is 0.536.